The summed E-state index contributed by atoms with van der Waals surface area (Å²) >= 11 is 0. The molecule has 2 aromatic carbocycles. The van der Waals surface area contributed by atoms with Gasteiger partial charge in [0, 0.05) is 11.8 Å². The normalized spacial score (nSPS) is 14.2. The Bertz CT molecular complexity index is 667. The Morgan fingerprint density at radius 2 is 1.68 bits per heavy atom. The van der Waals surface area contributed by atoms with Crippen molar-refractivity contribution in [1.82, 2.24) is 0 Å². The monoisotopic (exact) mass is 254 g/mol. The Hall–Kier alpha value is -2.49. The van der Waals surface area contributed by atoms with Gasteiger partial charge in [0.2, 0.25) is 0 Å². The fourth-order valence-electron chi connectivity index (χ4n) is 2.12. The van der Waals surface area contributed by atoms with Crippen LogP contribution in [0.3, 0.4) is 0 Å². The van der Waals surface area contributed by atoms with Crippen molar-refractivity contribution in [2.75, 3.05) is 11.4 Å². The number of para-hydroxylation sites is 2. The molecule has 1 aliphatic rings. The van der Waals surface area contributed by atoms with Crippen molar-refractivity contribution in [3.8, 4) is 0 Å². The van der Waals surface area contributed by atoms with E-state index in [1.165, 1.54) is 11.0 Å². The summed E-state index contributed by atoms with van der Waals surface area (Å²) in [5.41, 5.74) is 1.71. The van der Waals surface area contributed by atoms with Crippen LogP contribution in [0.4, 0.5) is 15.8 Å². The average molecular weight is 254 g/mol. The molecule has 0 spiro atoms. The molecule has 0 radical (unpaired) electrons. The molecule has 0 saturated heterocycles. The predicted molar refractivity (Wildman–Crippen MR) is 72.4 cm³/mol. The van der Waals surface area contributed by atoms with Gasteiger partial charge in [-0.25, -0.2) is 4.39 Å². The first-order chi connectivity index (χ1) is 9.27. The Morgan fingerprint density at radius 3 is 2.47 bits per heavy atom. The van der Waals surface area contributed by atoms with Crippen molar-refractivity contribution in [3.05, 3.63) is 59.9 Å². The number of anilines is 2. The van der Waals surface area contributed by atoms with Crippen LogP contribution in [0.15, 0.2) is 53.5 Å². The highest BCUT2D eigenvalue weighted by Crippen LogP contribution is 2.31. The van der Waals surface area contributed by atoms with E-state index < -0.39 is 5.82 Å². The van der Waals surface area contributed by atoms with Crippen LogP contribution in [0.2, 0.25) is 0 Å². The van der Waals surface area contributed by atoms with Crippen LogP contribution >= 0.6 is 0 Å². The number of aliphatic imine (C=N–C) groups is 1. The highest BCUT2D eigenvalue weighted by Gasteiger charge is 2.23. The number of carbonyl (C=O) groups is 1. The van der Waals surface area contributed by atoms with Crippen LogP contribution < -0.4 is 4.90 Å². The minimum absolute atomic E-state index is 0.0169. The Balaban J connectivity index is 2.20. The summed E-state index contributed by atoms with van der Waals surface area (Å²) in [6, 6.07) is 13.6. The first-order valence-electron chi connectivity index (χ1n) is 5.94. The van der Waals surface area contributed by atoms with Gasteiger partial charge in [0.05, 0.1) is 11.4 Å². The van der Waals surface area contributed by atoms with Crippen LogP contribution in [0, 0.1) is 5.82 Å². The zero-order valence-electron chi connectivity index (χ0n) is 10.1. The van der Waals surface area contributed by atoms with E-state index in [4.69, 9.17) is 0 Å². The third-order valence-electron chi connectivity index (χ3n) is 2.98. The number of halogens is 1. The summed E-state index contributed by atoms with van der Waals surface area (Å²) in [7, 11) is 0. The zero-order chi connectivity index (χ0) is 13.2. The summed E-state index contributed by atoms with van der Waals surface area (Å²) in [5.74, 6) is -0.668. The van der Waals surface area contributed by atoms with Crippen molar-refractivity contribution >= 4 is 23.5 Å². The maximum atomic E-state index is 13.9. The molecule has 0 N–H and O–H groups in total. The second-order valence-electron chi connectivity index (χ2n) is 4.21. The number of hydrogen-bond donors (Lipinski definition) is 0. The maximum absolute atomic E-state index is 13.9. The zero-order valence-corrected chi connectivity index (χ0v) is 10.1. The van der Waals surface area contributed by atoms with E-state index in [9.17, 15) is 9.18 Å². The number of benzodiazepines with no additional fused rings is 1. The van der Waals surface area contributed by atoms with Crippen LogP contribution in [0.1, 0.15) is 5.56 Å². The summed E-state index contributed by atoms with van der Waals surface area (Å²) in [4.78, 5) is 17.6. The molecule has 19 heavy (non-hydrogen) atoms. The largest absolute Gasteiger partial charge is 0.283 e. The van der Waals surface area contributed by atoms with E-state index in [1.54, 1.807) is 30.5 Å². The molecule has 0 fully saturated rings. The van der Waals surface area contributed by atoms with E-state index in [2.05, 4.69) is 4.99 Å². The lowest BCUT2D eigenvalue weighted by Crippen LogP contribution is -2.28. The topological polar surface area (TPSA) is 32.7 Å². The molecule has 1 amide bonds. The fourth-order valence-corrected chi connectivity index (χ4v) is 2.12. The van der Waals surface area contributed by atoms with Gasteiger partial charge in [0.15, 0.2) is 0 Å². The molecular weight excluding hydrogens is 243 g/mol. The van der Waals surface area contributed by atoms with Gasteiger partial charge in [-0.05, 0) is 18.2 Å². The lowest BCUT2D eigenvalue weighted by Gasteiger charge is -2.22. The maximum Gasteiger partial charge on any atom is 0.253 e. The molecule has 0 saturated carbocycles. The molecule has 1 heterocycles. The molecule has 0 aromatic heterocycles. The van der Waals surface area contributed by atoms with Gasteiger partial charge in [-0.3, -0.25) is 14.7 Å². The van der Waals surface area contributed by atoms with E-state index >= 15 is 0 Å². The Labute approximate surface area is 110 Å². The highest BCUT2D eigenvalue weighted by molar-refractivity contribution is 6.08. The number of amides is 1. The molecule has 0 unspecified atom stereocenters. The quantitative estimate of drug-likeness (QED) is 0.770. The number of rotatable bonds is 1. The summed E-state index contributed by atoms with van der Waals surface area (Å²) in [6.07, 6.45) is 1.65. The van der Waals surface area contributed by atoms with Crippen LogP contribution in [0.25, 0.3) is 0 Å². The van der Waals surface area contributed by atoms with E-state index in [0.717, 1.165) is 5.56 Å². The average Bonchev–Trinajstić information content (AvgIpc) is 2.58. The SMILES string of the molecule is O=C1CN=Cc2ccccc2N1c1ccccc1F. The van der Waals surface area contributed by atoms with E-state index in [-0.39, 0.29) is 18.1 Å². The lowest BCUT2D eigenvalue weighted by atomic mass is 10.1. The third kappa shape index (κ3) is 2.01. The molecule has 0 aliphatic carbocycles. The molecule has 3 rings (SSSR count). The first kappa shape index (κ1) is 11.6. The van der Waals surface area contributed by atoms with Gasteiger partial charge in [-0.2, -0.15) is 0 Å². The number of nitrogens with zero attached hydrogens (tertiary/aromatic N) is 2. The van der Waals surface area contributed by atoms with Crippen molar-refractivity contribution in [1.29, 1.82) is 0 Å². The van der Waals surface area contributed by atoms with Gasteiger partial charge in [-0.1, -0.05) is 30.3 Å². The van der Waals surface area contributed by atoms with Gasteiger partial charge >= 0.3 is 0 Å². The molecule has 4 heteroatoms. The molecule has 1 aliphatic heterocycles. The van der Waals surface area contributed by atoms with Crippen molar-refractivity contribution in [2.45, 2.75) is 0 Å². The third-order valence-corrected chi connectivity index (χ3v) is 2.98. The Morgan fingerprint density at radius 1 is 1.00 bits per heavy atom. The summed E-state index contributed by atoms with van der Waals surface area (Å²) in [5, 5.41) is 0. The number of benzene rings is 2. The van der Waals surface area contributed by atoms with Crippen LogP contribution in [0.5, 0.6) is 0 Å². The lowest BCUT2D eigenvalue weighted by molar-refractivity contribution is -0.116. The minimum Gasteiger partial charge on any atom is -0.283 e. The number of fused-ring (bicyclic) bond motifs is 1. The van der Waals surface area contributed by atoms with E-state index in [1.807, 2.05) is 18.2 Å². The van der Waals surface area contributed by atoms with Gasteiger partial charge in [-0.15, -0.1) is 0 Å². The van der Waals surface area contributed by atoms with Crippen LogP contribution in [-0.2, 0) is 4.79 Å². The van der Waals surface area contributed by atoms with Crippen molar-refractivity contribution in [3.63, 3.8) is 0 Å². The van der Waals surface area contributed by atoms with Gasteiger partial charge < -0.3 is 0 Å². The molecule has 0 atom stereocenters. The molecule has 94 valence electrons. The number of carbonyl (C=O) groups excluding carboxylic acids is 1. The molecule has 0 bridgehead atoms. The van der Waals surface area contributed by atoms with Gasteiger partial charge in [0.25, 0.3) is 5.91 Å². The second-order valence-corrected chi connectivity index (χ2v) is 4.21. The molecular formula is C15H11FN2O. The Kier molecular flexibility index (Phi) is 2.83. The predicted octanol–water partition coefficient (Wildman–Crippen LogP) is 2.92. The van der Waals surface area contributed by atoms with Crippen molar-refractivity contribution < 1.29 is 9.18 Å². The van der Waals surface area contributed by atoms with Crippen molar-refractivity contribution in [2.24, 2.45) is 4.99 Å². The molecule has 3 nitrogen and oxygen atoms in total. The second kappa shape index (κ2) is 4.65. The highest BCUT2D eigenvalue weighted by atomic mass is 19.1. The standard InChI is InChI=1S/C15H11FN2O/c16-12-6-2-4-8-14(12)18-13-7-3-1-5-11(13)9-17-10-15(18)19/h1-9H,10H2. The fraction of sp³-hybridized carbons (Fsp3) is 0.0667. The van der Waals surface area contributed by atoms with Crippen LogP contribution in [-0.4, -0.2) is 18.7 Å². The smallest absolute Gasteiger partial charge is 0.253 e. The molecule has 2 aromatic rings. The summed E-state index contributed by atoms with van der Waals surface area (Å²) < 4.78 is 13.9. The summed E-state index contributed by atoms with van der Waals surface area (Å²) in [6.45, 7) is 0.0169. The van der Waals surface area contributed by atoms with E-state index in [0.29, 0.717) is 5.69 Å². The van der Waals surface area contributed by atoms with Gasteiger partial charge in [0.1, 0.15) is 12.4 Å². The first-order valence-corrected chi connectivity index (χ1v) is 5.94. The minimum atomic E-state index is -0.424. The number of hydrogen-bond acceptors (Lipinski definition) is 2.